The second-order valence-corrected chi connectivity index (χ2v) is 21.6. The van der Waals surface area contributed by atoms with Crippen LogP contribution in [0.2, 0.25) is 13.1 Å². The molecule has 0 spiro atoms. The van der Waals surface area contributed by atoms with Gasteiger partial charge < -0.3 is 0 Å². The minimum Gasteiger partial charge on any atom is -0.228 e. The normalized spacial score (nSPS) is 12.7. The van der Waals surface area contributed by atoms with E-state index in [1.54, 1.807) is 0 Å². The molecule has 0 radical (unpaired) electrons. The molecule has 12 rings (SSSR count). The predicted octanol–water partition coefficient (Wildman–Crippen LogP) is 14.7. The summed E-state index contributed by atoms with van der Waals surface area (Å²) < 4.78 is 0. The van der Waals surface area contributed by atoms with Crippen LogP contribution in [0.15, 0.2) is 218 Å². The molecule has 0 N–H and O–H groups in total. The minimum absolute atomic E-state index is 0.743. The fraction of sp³-hybridized carbons (Fsp3) is 0.0333. The Bertz CT molecular complexity index is 3530. The molecule has 0 saturated carbocycles. The maximum Gasteiger partial charge on any atom is 0.160 e. The molecule has 0 bridgehead atoms. The van der Waals surface area contributed by atoms with Crippen LogP contribution in [0.5, 0.6) is 0 Å². The molecule has 2 nitrogen and oxygen atoms in total. The first-order valence-electron chi connectivity index (χ1n) is 21.8. The molecule has 0 aliphatic carbocycles. The van der Waals surface area contributed by atoms with Crippen LogP contribution in [-0.4, -0.2) is 18.0 Å². The van der Waals surface area contributed by atoms with Gasteiger partial charge in [-0.05, 0) is 118 Å². The summed E-state index contributed by atoms with van der Waals surface area (Å²) in [5.74, 6) is 0.743. The Morgan fingerprint density at radius 1 is 0.302 bits per heavy atom. The highest BCUT2D eigenvalue weighted by Crippen LogP contribution is 2.42. The van der Waals surface area contributed by atoms with Crippen molar-refractivity contribution in [2.75, 3.05) is 0 Å². The lowest BCUT2D eigenvalue weighted by atomic mass is 9.92. The van der Waals surface area contributed by atoms with Gasteiger partial charge in [-0.1, -0.05) is 201 Å². The summed E-state index contributed by atoms with van der Waals surface area (Å²) in [5, 5.41) is 10.4. The molecule has 1 aliphatic rings. The fourth-order valence-corrected chi connectivity index (χ4v) is 13.8. The van der Waals surface area contributed by atoms with E-state index in [0.29, 0.717) is 0 Å². The Balaban J connectivity index is 1.05. The van der Waals surface area contributed by atoms with E-state index in [9.17, 15) is 0 Å². The van der Waals surface area contributed by atoms with Gasteiger partial charge in [-0.3, -0.25) is 0 Å². The van der Waals surface area contributed by atoms with E-state index in [-0.39, 0.29) is 0 Å². The van der Waals surface area contributed by atoms with Gasteiger partial charge in [0.25, 0.3) is 0 Å². The van der Waals surface area contributed by atoms with Crippen molar-refractivity contribution in [3.8, 4) is 78.4 Å². The van der Waals surface area contributed by atoms with E-state index in [1.807, 2.05) is 0 Å². The van der Waals surface area contributed by atoms with Crippen molar-refractivity contribution in [2.45, 2.75) is 13.1 Å². The van der Waals surface area contributed by atoms with Crippen LogP contribution in [-0.2, 0) is 0 Å². The standard InChI is InChI=1S/C60H42N2Si/c1-63(2)58-54-32-14-12-30-51(54)50-29-11-13-31-52(50)55(58)57-59(63)56(53-33-17-23-41-22-9-10-28-49(41)53)61-60(62-57)45-27-16-25-43(35-45)42-24-15-26-44(34-42)48-37-46(39-18-5-3-6-19-39)36-47(38-48)40-20-7-4-8-21-40/h3-38H,1-2H3. The van der Waals surface area contributed by atoms with Crippen LogP contribution in [0.25, 0.3) is 111 Å². The molecule has 2 heterocycles. The lowest BCUT2D eigenvalue weighted by Gasteiger charge is -2.24. The van der Waals surface area contributed by atoms with Crippen LogP contribution in [0.1, 0.15) is 0 Å². The van der Waals surface area contributed by atoms with Crippen molar-refractivity contribution in [2.24, 2.45) is 0 Å². The van der Waals surface area contributed by atoms with E-state index >= 15 is 0 Å². The third-order valence-electron chi connectivity index (χ3n) is 13.2. The van der Waals surface area contributed by atoms with Crippen molar-refractivity contribution < 1.29 is 0 Å². The number of benzene rings is 10. The number of hydrogen-bond acceptors (Lipinski definition) is 2. The summed E-state index contributed by atoms with van der Waals surface area (Å²) in [6.45, 7) is 5.00. The summed E-state index contributed by atoms with van der Waals surface area (Å²) in [6.07, 6.45) is 0. The van der Waals surface area contributed by atoms with E-state index in [1.165, 1.54) is 81.6 Å². The lowest BCUT2D eigenvalue weighted by molar-refractivity contribution is 1.20. The number of rotatable bonds is 6. The van der Waals surface area contributed by atoms with Crippen LogP contribution < -0.4 is 10.4 Å². The highest BCUT2D eigenvalue weighted by atomic mass is 28.3. The number of aromatic nitrogens is 2. The predicted molar refractivity (Wildman–Crippen MR) is 269 cm³/mol. The maximum atomic E-state index is 5.68. The van der Waals surface area contributed by atoms with E-state index in [0.717, 1.165) is 39.5 Å². The molecule has 1 aliphatic heterocycles. The van der Waals surface area contributed by atoms with E-state index in [2.05, 4.69) is 231 Å². The van der Waals surface area contributed by atoms with Crippen molar-refractivity contribution in [3.63, 3.8) is 0 Å². The fourth-order valence-electron chi connectivity index (χ4n) is 10.3. The van der Waals surface area contributed by atoms with Crippen LogP contribution in [0, 0.1) is 0 Å². The highest BCUT2D eigenvalue weighted by molar-refractivity contribution is 7.06. The molecular weight excluding hydrogens is 777 g/mol. The van der Waals surface area contributed by atoms with Crippen LogP contribution in [0.3, 0.4) is 0 Å². The third-order valence-corrected chi connectivity index (χ3v) is 16.7. The van der Waals surface area contributed by atoms with Crippen molar-refractivity contribution >= 4 is 50.8 Å². The largest absolute Gasteiger partial charge is 0.228 e. The molecule has 296 valence electrons. The van der Waals surface area contributed by atoms with Crippen LogP contribution in [0.4, 0.5) is 0 Å². The van der Waals surface area contributed by atoms with Gasteiger partial charge in [0, 0.05) is 16.7 Å². The Labute approximate surface area is 368 Å². The second kappa shape index (κ2) is 14.7. The van der Waals surface area contributed by atoms with E-state index < -0.39 is 8.07 Å². The van der Waals surface area contributed by atoms with Gasteiger partial charge in [0.05, 0.1) is 11.4 Å². The minimum atomic E-state index is -2.38. The summed E-state index contributed by atoms with van der Waals surface area (Å²) in [5.41, 5.74) is 15.0. The van der Waals surface area contributed by atoms with Gasteiger partial charge in [0.15, 0.2) is 5.82 Å². The molecule has 3 heteroatoms. The lowest BCUT2D eigenvalue weighted by Crippen LogP contribution is -2.50. The van der Waals surface area contributed by atoms with Gasteiger partial charge in [-0.15, -0.1) is 0 Å². The first-order chi connectivity index (χ1) is 31.0. The Morgan fingerprint density at radius 3 is 1.37 bits per heavy atom. The quantitative estimate of drug-likeness (QED) is 0.123. The van der Waals surface area contributed by atoms with Crippen molar-refractivity contribution in [1.29, 1.82) is 0 Å². The zero-order valence-corrected chi connectivity index (χ0v) is 36.2. The number of hydrogen-bond donors (Lipinski definition) is 0. The molecule has 0 saturated heterocycles. The monoisotopic (exact) mass is 818 g/mol. The topological polar surface area (TPSA) is 25.8 Å². The summed E-state index contributed by atoms with van der Waals surface area (Å²) in [7, 11) is -2.38. The van der Waals surface area contributed by atoms with Gasteiger partial charge in [-0.25, -0.2) is 9.97 Å². The Morgan fingerprint density at radius 2 is 0.714 bits per heavy atom. The average Bonchev–Trinajstić information content (AvgIpc) is 3.60. The van der Waals surface area contributed by atoms with Gasteiger partial charge in [0.1, 0.15) is 8.07 Å². The van der Waals surface area contributed by atoms with Crippen molar-refractivity contribution in [1.82, 2.24) is 9.97 Å². The highest BCUT2D eigenvalue weighted by Gasteiger charge is 2.44. The molecule has 0 fully saturated rings. The van der Waals surface area contributed by atoms with Crippen molar-refractivity contribution in [3.05, 3.63) is 218 Å². The molecule has 0 atom stereocenters. The van der Waals surface area contributed by atoms with Gasteiger partial charge in [-0.2, -0.15) is 0 Å². The number of nitrogens with zero attached hydrogens (tertiary/aromatic N) is 2. The number of fused-ring (bicyclic) bond motifs is 9. The van der Waals surface area contributed by atoms with Gasteiger partial charge in [0.2, 0.25) is 0 Å². The smallest absolute Gasteiger partial charge is 0.160 e. The Hall–Kier alpha value is -7.72. The summed E-state index contributed by atoms with van der Waals surface area (Å²) >= 11 is 0. The first-order valence-corrected chi connectivity index (χ1v) is 24.8. The summed E-state index contributed by atoms with van der Waals surface area (Å²) in [4.78, 5) is 11.4. The average molecular weight is 819 g/mol. The zero-order valence-electron chi connectivity index (χ0n) is 35.2. The molecule has 10 aromatic carbocycles. The van der Waals surface area contributed by atoms with Gasteiger partial charge >= 0.3 is 0 Å². The maximum absolute atomic E-state index is 5.68. The molecule has 0 amide bonds. The first kappa shape index (κ1) is 37.1. The molecule has 1 aromatic heterocycles. The summed E-state index contributed by atoms with van der Waals surface area (Å²) in [6, 6.07) is 79.3. The molecule has 0 unspecified atom stereocenters. The third kappa shape index (κ3) is 6.15. The van der Waals surface area contributed by atoms with Crippen LogP contribution >= 0.6 is 0 Å². The SMILES string of the molecule is C[Si]1(C)c2c(-c3cccc4ccccc34)nc(-c3cccc(-c4cccc(-c5cc(-c6ccccc6)cc(-c6ccccc6)c5)c4)c3)nc2-c2c1c1ccccc1c1ccccc21. The molecular formula is C60H42N2Si. The molecule has 63 heavy (non-hydrogen) atoms. The second-order valence-electron chi connectivity index (χ2n) is 17.3. The Kier molecular flexibility index (Phi) is 8.67. The van der Waals surface area contributed by atoms with E-state index in [4.69, 9.17) is 9.97 Å². The molecule has 11 aromatic rings. The zero-order chi connectivity index (χ0) is 42.1.